The van der Waals surface area contributed by atoms with Crippen molar-refractivity contribution in [3.05, 3.63) is 0 Å². The van der Waals surface area contributed by atoms with E-state index < -0.39 is 12.2 Å². The molecule has 2 aliphatic rings. The largest absolute Gasteiger partial charge is 0.390 e. The molecule has 3 nitrogen and oxygen atoms in total. The number of aliphatic hydroxyl groups excluding tert-OH is 2. The molecular formula is C10H19NO2. The van der Waals surface area contributed by atoms with Crippen LogP contribution in [0.3, 0.4) is 0 Å². The lowest BCUT2D eigenvalue weighted by atomic mass is 9.86. The lowest BCUT2D eigenvalue weighted by molar-refractivity contribution is -0.0962. The second kappa shape index (κ2) is 3.56. The van der Waals surface area contributed by atoms with E-state index in [1.54, 1.807) is 0 Å². The van der Waals surface area contributed by atoms with E-state index in [1.165, 1.54) is 6.42 Å². The molecule has 2 rings (SSSR count). The van der Waals surface area contributed by atoms with Gasteiger partial charge in [0.2, 0.25) is 0 Å². The van der Waals surface area contributed by atoms with Crippen LogP contribution >= 0.6 is 0 Å². The number of aliphatic hydroxyl groups is 2. The molecule has 76 valence electrons. The van der Waals surface area contributed by atoms with Gasteiger partial charge in [0, 0.05) is 12.6 Å². The fourth-order valence-corrected chi connectivity index (χ4v) is 2.75. The summed E-state index contributed by atoms with van der Waals surface area (Å²) in [5, 5.41) is 19.7. The van der Waals surface area contributed by atoms with Gasteiger partial charge in [-0.25, -0.2) is 0 Å². The molecule has 13 heavy (non-hydrogen) atoms. The molecule has 0 aromatic rings. The van der Waals surface area contributed by atoms with E-state index in [0.29, 0.717) is 0 Å². The van der Waals surface area contributed by atoms with Gasteiger partial charge in [-0.05, 0) is 31.7 Å². The predicted octanol–water partition coefficient (Wildman–Crippen LogP) is 0.212. The summed E-state index contributed by atoms with van der Waals surface area (Å²) in [7, 11) is 0. The van der Waals surface area contributed by atoms with Gasteiger partial charge in [0.25, 0.3) is 0 Å². The molecule has 0 saturated carbocycles. The second-order valence-corrected chi connectivity index (χ2v) is 4.35. The summed E-state index contributed by atoms with van der Waals surface area (Å²) in [6.07, 6.45) is 2.17. The molecule has 4 atom stereocenters. The maximum atomic E-state index is 9.86. The van der Waals surface area contributed by atoms with Crippen molar-refractivity contribution in [2.45, 2.75) is 44.4 Å². The fourth-order valence-electron chi connectivity index (χ4n) is 2.75. The normalized spacial score (nSPS) is 46.4. The molecule has 3 heteroatoms. The van der Waals surface area contributed by atoms with Crippen LogP contribution in [0.25, 0.3) is 0 Å². The zero-order chi connectivity index (χ0) is 9.42. The summed E-state index contributed by atoms with van der Waals surface area (Å²) < 4.78 is 0. The average Bonchev–Trinajstić information content (AvgIpc) is 2.59. The van der Waals surface area contributed by atoms with E-state index in [4.69, 9.17) is 0 Å². The van der Waals surface area contributed by atoms with E-state index in [-0.39, 0.29) is 12.0 Å². The topological polar surface area (TPSA) is 43.7 Å². The zero-order valence-electron chi connectivity index (χ0n) is 8.19. The Balaban J connectivity index is 2.08. The Morgan fingerprint density at radius 3 is 2.77 bits per heavy atom. The Hall–Kier alpha value is -0.120. The molecule has 2 heterocycles. The van der Waals surface area contributed by atoms with Crippen LogP contribution in [0.15, 0.2) is 0 Å². The third-order valence-corrected chi connectivity index (χ3v) is 3.63. The van der Waals surface area contributed by atoms with Crippen LogP contribution in [0, 0.1) is 5.92 Å². The Bertz CT molecular complexity index is 186. The Morgan fingerprint density at radius 2 is 2.08 bits per heavy atom. The highest BCUT2D eigenvalue weighted by atomic mass is 16.3. The molecule has 0 bridgehead atoms. The number of rotatable bonds is 1. The number of nitrogens with zero attached hydrogens (tertiary/aromatic N) is 1. The summed E-state index contributed by atoms with van der Waals surface area (Å²) in [5.41, 5.74) is 0. The van der Waals surface area contributed by atoms with E-state index >= 15 is 0 Å². The first kappa shape index (κ1) is 9.44. The first-order valence-corrected chi connectivity index (χ1v) is 5.34. The molecular weight excluding hydrogens is 166 g/mol. The summed E-state index contributed by atoms with van der Waals surface area (Å²) in [6, 6.07) is 0.234. The van der Waals surface area contributed by atoms with Crippen LogP contribution in [0.2, 0.25) is 0 Å². The highest BCUT2D eigenvalue weighted by molar-refractivity contribution is 4.96. The van der Waals surface area contributed by atoms with Gasteiger partial charge in [0.05, 0.1) is 12.2 Å². The molecule has 0 unspecified atom stereocenters. The van der Waals surface area contributed by atoms with Gasteiger partial charge in [-0.2, -0.15) is 0 Å². The van der Waals surface area contributed by atoms with Crippen LogP contribution in [-0.4, -0.2) is 46.5 Å². The predicted molar refractivity (Wildman–Crippen MR) is 50.4 cm³/mol. The van der Waals surface area contributed by atoms with Crippen molar-refractivity contribution in [2.24, 2.45) is 5.92 Å². The number of hydrogen-bond donors (Lipinski definition) is 2. The van der Waals surface area contributed by atoms with Crippen molar-refractivity contribution in [1.82, 2.24) is 4.90 Å². The molecule has 0 aromatic carbocycles. The quantitative estimate of drug-likeness (QED) is 0.614. The van der Waals surface area contributed by atoms with Gasteiger partial charge in [0.15, 0.2) is 0 Å². The Kier molecular flexibility index (Phi) is 2.58. The van der Waals surface area contributed by atoms with Crippen LogP contribution < -0.4 is 0 Å². The molecule has 0 amide bonds. The van der Waals surface area contributed by atoms with Crippen LogP contribution in [0.4, 0.5) is 0 Å². The monoisotopic (exact) mass is 185 g/mol. The minimum Gasteiger partial charge on any atom is -0.390 e. The summed E-state index contributed by atoms with van der Waals surface area (Å²) >= 11 is 0. The maximum Gasteiger partial charge on any atom is 0.0956 e. The molecule has 0 radical (unpaired) electrons. The molecule has 0 spiro atoms. The smallest absolute Gasteiger partial charge is 0.0956 e. The summed E-state index contributed by atoms with van der Waals surface area (Å²) in [5.74, 6) is 0.268. The minimum atomic E-state index is -0.513. The molecule has 0 aromatic heterocycles. The first-order chi connectivity index (χ1) is 6.24. The van der Waals surface area contributed by atoms with E-state index in [2.05, 4.69) is 11.8 Å². The van der Waals surface area contributed by atoms with Crippen molar-refractivity contribution in [1.29, 1.82) is 0 Å². The number of hydrogen-bond acceptors (Lipinski definition) is 3. The lowest BCUT2D eigenvalue weighted by Gasteiger charge is -2.42. The third-order valence-electron chi connectivity index (χ3n) is 3.63. The van der Waals surface area contributed by atoms with Crippen molar-refractivity contribution >= 4 is 0 Å². The average molecular weight is 185 g/mol. The first-order valence-electron chi connectivity index (χ1n) is 5.34. The minimum absolute atomic E-state index is 0.234. The van der Waals surface area contributed by atoms with Crippen LogP contribution in [0.1, 0.15) is 26.2 Å². The van der Waals surface area contributed by atoms with E-state index in [0.717, 1.165) is 25.9 Å². The van der Waals surface area contributed by atoms with Gasteiger partial charge in [-0.15, -0.1) is 0 Å². The molecule has 2 fully saturated rings. The SMILES string of the molecule is CC[C@H]1CN2CCC[C@H]2[C@H](O)[C@H]1O. The van der Waals surface area contributed by atoms with E-state index in [9.17, 15) is 10.2 Å². The second-order valence-electron chi connectivity index (χ2n) is 4.35. The van der Waals surface area contributed by atoms with Gasteiger partial charge < -0.3 is 10.2 Å². The van der Waals surface area contributed by atoms with Crippen molar-refractivity contribution in [3.63, 3.8) is 0 Å². The Morgan fingerprint density at radius 1 is 1.31 bits per heavy atom. The highest BCUT2D eigenvalue weighted by Crippen LogP contribution is 2.31. The Labute approximate surface area is 79.4 Å². The third kappa shape index (κ3) is 1.49. The van der Waals surface area contributed by atoms with Gasteiger partial charge in [0.1, 0.15) is 0 Å². The molecule has 0 aliphatic carbocycles. The number of piperidine rings is 1. The molecule has 2 saturated heterocycles. The highest BCUT2D eigenvalue weighted by Gasteiger charge is 2.42. The maximum absolute atomic E-state index is 9.86. The van der Waals surface area contributed by atoms with Gasteiger partial charge >= 0.3 is 0 Å². The molecule has 2 aliphatic heterocycles. The number of fused-ring (bicyclic) bond motifs is 1. The van der Waals surface area contributed by atoms with Crippen LogP contribution in [-0.2, 0) is 0 Å². The van der Waals surface area contributed by atoms with Gasteiger partial charge in [-0.1, -0.05) is 6.92 Å². The van der Waals surface area contributed by atoms with Crippen molar-refractivity contribution < 1.29 is 10.2 Å². The summed E-state index contributed by atoms with van der Waals surface area (Å²) in [4.78, 5) is 2.34. The van der Waals surface area contributed by atoms with Crippen LogP contribution in [0.5, 0.6) is 0 Å². The van der Waals surface area contributed by atoms with E-state index in [1.807, 2.05) is 0 Å². The zero-order valence-corrected chi connectivity index (χ0v) is 8.19. The fraction of sp³-hybridized carbons (Fsp3) is 1.00. The lowest BCUT2D eigenvalue weighted by Crippen LogP contribution is -2.56. The summed E-state index contributed by atoms with van der Waals surface area (Å²) in [6.45, 7) is 4.15. The van der Waals surface area contributed by atoms with Gasteiger partial charge in [-0.3, -0.25) is 4.90 Å². The molecule has 2 N–H and O–H groups in total. The van der Waals surface area contributed by atoms with Crippen molar-refractivity contribution in [2.75, 3.05) is 13.1 Å². The standard InChI is InChI=1S/C10H19NO2/c1-2-7-6-11-5-3-4-8(11)10(13)9(7)12/h7-10,12-13H,2-6H2,1H3/t7-,8-,9-,10-/m0/s1. The van der Waals surface area contributed by atoms with Crippen molar-refractivity contribution in [3.8, 4) is 0 Å².